The van der Waals surface area contributed by atoms with Crippen molar-refractivity contribution in [3.05, 3.63) is 48.7 Å². The monoisotopic (exact) mass is 280 g/mol. The van der Waals surface area contributed by atoms with Crippen molar-refractivity contribution in [2.75, 3.05) is 13.2 Å². The summed E-state index contributed by atoms with van der Waals surface area (Å²) in [7, 11) is 0. The highest BCUT2D eigenvalue weighted by atomic mass is 16.5. The van der Waals surface area contributed by atoms with Crippen molar-refractivity contribution >= 4 is 10.8 Å². The number of pyridine rings is 1. The Labute approximate surface area is 122 Å². The zero-order valence-corrected chi connectivity index (χ0v) is 11.7. The number of benzene rings is 1. The van der Waals surface area contributed by atoms with Crippen LogP contribution in [-0.2, 0) is 4.74 Å². The van der Waals surface area contributed by atoms with E-state index in [-0.39, 0.29) is 0 Å². The second kappa shape index (κ2) is 5.30. The van der Waals surface area contributed by atoms with Gasteiger partial charge in [-0.2, -0.15) is 0 Å². The first-order valence-corrected chi connectivity index (χ1v) is 7.28. The Morgan fingerprint density at radius 3 is 2.76 bits per heavy atom. The van der Waals surface area contributed by atoms with Gasteiger partial charge in [0.1, 0.15) is 0 Å². The standard InChI is InChI=1S/C17H16N2O2/c1-2-4-14-13(3-1)9-18-10-15(14)16-11-19-17(21-16)12-5-7-20-8-6-12/h1-4,9-12H,5-8H2. The molecule has 0 spiro atoms. The molecule has 0 N–H and O–H groups in total. The molecule has 1 saturated heterocycles. The summed E-state index contributed by atoms with van der Waals surface area (Å²) in [6.07, 6.45) is 7.49. The first-order valence-electron chi connectivity index (χ1n) is 7.28. The average Bonchev–Trinajstić information content (AvgIpc) is 3.05. The largest absolute Gasteiger partial charge is 0.440 e. The van der Waals surface area contributed by atoms with Crippen LogP contribution in [-0.4, -0.2) is 23.2 Å². The van der Waals surface area contributed by atoms with Gasteiger partial charge in [0.2, 0.25) is 0 Å². The van der Waals surface area contributed by atoms with E-state index < -0.39 is 0 Å². The molecule has 4 heteroatoms. The lowest BCUT2D eigenvalue weighted by molar-refractivity contribution is 0.0796. The minimum absolute atomic E-state index is 0.371. The average molecular weight is 280 g/mol. The lowest BCUT2D eigenvalue weighted by Crippen LogP contribution is -2.14. The second-order valence-electron chi connectivity index (χ2n) is 5.36. The van der Waals surface area contributed by atoms with Gasteiger partial charge in [0.15, 0.2) is 11.7 Å². The minimum Gasteiger partial charge on any atom is -0.440 e. The molecule has 1 fully saturated rings. The summed E-state index contributed by atoms with van der Waals surface area (Å²) in [6, 6.07) is 8.19. The molecule has 2 aromatic heterocycles. The smallest absolute Gasteiger partial charge is 0.198 e. The molecule has 0 bridgehead atoms. The Kier molecular flexibility index (Phi) is 3.16. The third-order valence-electron chi connectivity index (χ3n) is 4.03. The van der Waals surface area contributed by atoms with Crippen molar-refractivity contribution in [2.24, 2.45) is 0 Å². The van der Waals surface area contributed by atoms with Crippen LogP contribution in [0.15, 0.2) is 47.3 Å². The highest BCUT2D eigenvalue weighted by molar-refractivity contribution is 5.94. The number of hydrogen-bond donors (Lipinski definition) is 0. The Morgan fingerprint density at radius 2 is 1.86 bits per heavy atom. The van der Waals surface area contributed by atoms with Gasteiger partial charge in [-0.15, -0.1) is 0 Å². The molecule has 21 heavy (non-hydrogen) atoms. The number of nitrogens with zero attached hydrogens (tertiary/aromatic N) is 2. The van der Waals surface area contributed by atoms with E-state index in [1.54, 1.807) is 0 Å². The Morgan fingerprint density at radius 1 is 1.00 bits per heavy atom. The van der Waals surface area contributed by atoms with Gasteiger partial charge in [0.05, 0.1) is 6.20 Å². The van der Waals surface area contributed by atoms with Crippen molar-refractivity contribution in [2.45, 2.75) is 18.8 Å². The summed E-state index contributed by atoms with van der Waals surface area (Å²) in [5, 5.41) is 2.25. The van der Waals surface area contributed by atoms with E-state index in [2.05, 4.69) is 22.1 Å². The van der Waals surface area contributed by atoms with E-state index in [9.17, 15) is 0 Å². The highest BCUT2D eigenvalue weighted by Gasteiger charge is 2.21. The van der Waals surface area contributed by atoms with Crippen LogP contribution in [0.3, 0.4) is 0 Å². The number of ether oxygens (including phenoxy) is 1. The fourth-order valence-corrected chi connectivity index (χ4v) is 2.86. The van der Waals surface area contributed by atoms with Crippen LogP contribution < -0.4 is 0 Å². The Hall–Kier alpha value is -2.20. The van der Waals surface area contributed by atoms with Gasteiger partial charge in [0, 0.05) is 42.5 Å². The quantitative estimate of drug-likeness (QED) is 0.716. The van der Waals surface area contributed by atoms with Gasteiger partial charge >= 0.3 is 0 Å². The molecular weight excluding hydrogens is 264 g/mol. The number of fused-ring (bicyclic) bond motifs is 1. The molecule has 3 aromatic rings. The van der Waals surface area contributed by atoms with Gasteiger partial charge in [-0.3, -0.25) is 4.98 Å². The predicted octanol–water partition coefficient (Wildman–Crippen LogP) is 3.78. The molecule has 0 radical (unpaired) electrons. The predicted molar refractivity (Wildman–Crippen MR) is 80.0 cm³/mol. The first-order chi connectivity index (χ1) is 10.4. The van der Waals surface area contributed by atoms with Crippen LogP contribution in [0.25, 0.3) is 22.1 Å². The third kappa shape index (κ3) is 2.32. The zero-order chi connectivity index (χ0) is 14.1. The number of hydrogen-bond acceptors (Lipinski definition) is 4. The fourth-order valence-electron chi connectivity index (χ4n) is 2.86. The maximum atomic E-state index is 6.01. The molecule has 0 saturated carbocycles. The fraction of sp³-hybridized carbons (Fsp3) is 0.294. The molecule has 4 nitrogen and oxygen atoms in total. The lowest BCUT2D eigenvalue weighted by Gasteiger charge is -2.18. The van der Waals surface area contributed by atoms with Gasteiger partial charge in [-0.25, -0.2) is 4.98 Å². The van der Waals surface area contributed by atoms with E-state index in [0.29, 0.717) is 5.92 Å². The van der Waals surface area contributed by atoms with E-state index in [1.165, 1.54) is 0 Å². The molecule has 1 aliphatic rings. The minimum atomic E-state index is 0.371. The second-order valence-corrected chi connectivity index (χ2v) is 5.36. The highest BCUT2D eigenvalue weighted by Crippen LogP contribution is 2.32. The van der Waals surface area contributed by atoms with E-state index in [0.717, 1.165) is 54.0 Å². The topological polar surface area (TPSA) is 48.2 Å². The molecule has 0 unspecified atom stereocenters. The molecule has 0 amide bonds. The van der Waals surface area contributed by atoms with Crippen LogP contribution >= 0.6 is 0 Å². The summed E-state index contributed by atoms with van der Waals surface area (Å²) in [5.74, 6) is 1.98. The van der Waals surface area contributed by atoms with Gasteiger partial charge < -0.3 is 9.15 Å². The van der Waals surface area contributed by atoms with Crippen LogP contribution in [0.2, 0.25) is 0 Å². The van der Waals surface area contributed by atoms with Crippen molar-refractivity contribution in [3.63, 3.8) is 0 Å². The number of oxazole rings is 1. The lowest BCUT2D eigenvalue weighted by atomic mass is 10.0. The SMILES string of the molecule is c1ccc2c(-c3cnc(C4CCOCC4)o3)cncc2c1. The first kappa shape index (κ1) is 12.5. The summed E-state index contributed by atoms with van der Waals surface area (Å²) in [6.45, 7) is 1.58. The van der Waals surface area contributed by atoms with Gasteiger partial charge in [-0.1, -0.05) is 24.3 Å². The third-order valence-corrected chi connectivity index (χ3v) is 4.03. The molecule has 106 valence electrons. The summed E-state index contributed by atoms with van der Waals surface area (Å²) >= 11 is 0. The summed E-state index contributed by atoms with van der Waals surface area (Å²) < 4.78 is 11.4. The molecule has 1 aromatic carbocycles. The summed E-state index contributed by atoms with van der Waals surface area (Å²) in [5.41, 5.74) is 0.999. The Bertz CT molecular complexity index is 755. The van der Waals surface area contributed by atoms with Crippen molar-refractivity contribution in [1.29, 1.82) is 0 Å². The van der Waals surface area contributed by atoms with Gasteiger partial charge in [-0.05, 0) is 18.2 Å². The van der Waals surface area contributed by atoms with Crippen LogP contribution in [0, 0.1) is 0 Å². The van der Waals surface area contributed by atoms with E-state index in [4.69, 9.17) is 9.15 Å². The molecule has 1 aliphatic heterocycles. The van der Waals surface area contributed by atoms with E-state index >= 15 is 0 Å². The van der Waals surface area contributed by atoms with E-state index in [1.807, 2.05) is 30.7 Å². The molecule has 4 rings (SSSR count). The molecular formula is C17H16N2O2. The number of rotatable bonds is 2. The maximum Gasteiger partial charge on any atom is 0.198 e. The Balaban J connectivity index is 1.74. The van der Waals surface area contributed by atoms with Crippen molar-refractivity contribution in [1.82, 2.24) is 9.97 Å². The summed E-state index contributed by atoms with van der Waals surface area (Å²) in [4.78, 5) is 8.78. The molecule has 0 aliphatic carbocycles. The van der Waals surface area contributed by atoms with Crippen LogP contribution in [0.4, 0.5) is 0 Å². The number of aromatic nitrogens is 2. The van der Waals surface area contributed by atoms with Crippen LogP contribution in [0.5, 0.6) is 0 Å². The molecule has 3 heterocycles. The van der Waals surface area contributed by atoms with Crippen molar-refractivity contribution < 1.29 is 9.15 Å². The molecule has 0 atom stereocenters. The van der Waals surface area contributed by atoms with Crippen molar-refractivity contribution in [3.8, 4) is 11.3 Å². The van der Waals surface area contributed by atoms with Gasteiger partial charge in [0.25, 0.3) is 0 Å². The van der Waals surface area contributed by atoms with Crippen LogP contribution in [0.1, 0.15) is 24.7 Å². The zero-order valence-electron chi connectivity index (χ0n) is 11.7. The normalized spacial score (nSPS) is 16.4. The maximum absolute atomic E-state index is 6.01.